The highest BCUT2D eigenvalue weighted by Crippen LogP contribution is 2.17. The van der Waals surface area contributed by atoms with E-state index in [1.54, 1.807) is 31.2 Å². The Labute approximate surface area is 138 Å². The van der Waals surface area contributed by atoms with Crippen LogP contribution in [0.2, 0.25) is 5.02 Å². The Hall–Kier alpha value is -1.76. The van der Waals surface area contributed by atoms with Crippen LogP contribution in [0.1, 0.15) is 24.1 Å². The first-order valence-electron chi connectivity index (χ1n) is 6.68. The molecule has 3 nitrogen and oxygen atoms in total. The van der Waals surface area contributed by atoms with E-state index in [0.717, 1.165) is 17.5 Å². The highest BCUT2D eigenvalue weighted by molar-refractivity contribution is 7.92. The molecule has 2 rings (SSSR count). The molecule has 0 fully saturated rings. The highest BCUT2D eigenvalue weighted by Gasteiger charge is 2.14. The van der Waals surface area contributed by atoms with Crippen LogP contribution in [0.15, 0.2) is 47.9 Å². The molecular formula is C16H14ClF2NO2S. The summed E-state index contributed by atoms with van der Waals surface area (Å²) in [5.74, 6) is -2.00. The fourth-order valence-electron chi connectivity index (χ4n) is 1.88. The average Bonchev–Trinajstić information content (AvgIpc) is 2.49. The van der Waals surface area contributed by atoms with Crippen molar-refractivity contribution >= 4 is 27.7 Å². The first-order chi connectivity index (χ1) is 10.8. The summed E-state index contributed by atoms with van der Waals surface area (Å²) >= 11 is 5.75. The van der Waals surface area contributed by atoms with Gasteiger partial charge in [0.25, 0.3) is 0 Å². The van der Waals surface area contributed by atoms with Gasteiger partial charge in [0.1, 0.15) is 0 Å². The van der Waals surface area contributed by atoms with Gasteiger partial charge in [0.05, 0.1) is 0 Å². The van der Waals surface area contributed by atoms with E-state index in [0.29, 0.717) is 16.1 Å². The Morgan fingerprint density at radius 3 is 2.35 bits per heavy atom. The summed E-state index contributed by atoms with van der Waals surface area (Å²) < 4.78 is 52.5. The smallest absolute Gasteiger partial charge is 0.208 e. The summed E-state index contributed by atoms with van der Waals surface area (Å²) in [5, 5.41) is 1.56. The zero-order valence-electron chi connectivity index (χ0n) is 12.1. The molecule has 0 saturated heterocycles. The molecule has 122 valence electrons. The molecule has 2 aromatic carbocycles. The number of sulfonamides is 1. The summed E-state index contributed by atoms with van der Waals surface area (Å²) in [6, 6.07) is 9.18. The monoisotopic (exact) mass is 357 g/mol. The van der Waals surface area contributed by atoms with Gasteiger partial charge in [-0.05, 0) is 48.4 Å². The van der Waals surface area contributed by atoms with Gasteiger partial charge in [-0.1, -0.05) is 29.8 Å². The van der Waals surface area contributed by atoms with Crippen LogP contribution in [0.3, 0.4) is 0 Å². The molecule has 0 radical (unpaired) electrons. The Bertz CT molecular complexity index is 820. The van der Waals surface area contributed by atoms with Gasteiger partial charge >= 0.3 is 0 Å². The molecule has 0 spiro atoms. The minimum absolute atomic E-state index is 0.326. The van der Waals surface area contributed by atoms with Gasteiger partial charge in [-0.3, -0.25) is 0 Å². The Morgan fingerprint density at radius 2 is 1.74 bits per heavy atom. The third kappa shape index (κ3) is 5.13. The van der Waals surface area contributed by atoms with Gasteiger partial charge in [-0.15, -0.1) is 0 Å². The second-order valence-electron chi connectivity index (χ2n) is 4.91. The first kappa shape index (κ1) is 17.6. The predicted octanol–water partition coefficient (Wildman–Crippen LogP) is 4.27. The molecule has 0 aliphatic heterocycles. The second-order valence-corrected chi connectivity index (χ2v) is 6.95. The minimum Gasteiger partial charge on any atom is -0.208 e. The fourth-order valence-corrected chi connectivity index (χ4v) is 3.05. The van der Waals surface area contributed by atoms with Crippen LogP contribution in [0.25, 0.3) is 6.08 Å². The van der Waals surface area contributed by atoms with Gasteiger partial charge in [0, 0.05) is 16.5 Å². The largest absolute Gasteiger partial charge is 0.234 e. The maximum atomic E-state index is 13.2. The molecule has 0 aromatic heterocycles. The Kier molecular flexibility index (Phi) is 5.51. The summed E-state index contributed by atoms with van der Waals surface area (Å²) in [5.41, 5.74) is 0.993. The maximum absolute atomic E-state index is 13.2. The summed E-state index contributed by atoms with van der Waals surface area (Å²) in [7, 11) is -3.74. The van der Waals surface area contributed by atoms with Crippen LogP contribution >= 0.6 is 11.6 Å². The van der Waals surface area contributed by atoms with Crippen LogP contribution in [-0.4, -0.2) is 8.42 Å². The van der Waals surface area contributed by atoms with Crippen molar-refractivity contribution in [1.29, 1.82) is 0 Å². The quantitative estimate of drug-likeness (QED) is 0.868. The molecular weight excluding hydrogens is 344 g/mol. The van der Waals surface area contributed by atoms with Crippen LogP contribution in [0, 0.1) is 11.6 Å². The Morgan fingerprint density at radius 1 is 1.09 bits per heavy atom. The summed E-state index contributed by atoms with van der Waals surface area (Å²) in [6.45, 7) is 1.54. The van der Waals surface area contributed by atoms with Gasteiger partial charge < -0.3 is 0 Å². The zero-order chi connectivity index (χ0) is 17.0. The molecule has 0 saturated carbocycles. The van der Waals surface area contributed by atoms with E-state index in [4.69, 9.17) is 11.6 Å². The summed E-state index contributed by atoms with van der Waals surface area (Å²) in [4.78, 5) is 0. The van der Waals surface area contributed by atoms with Crippen molar-refractivity contribution < 1.29 is 17.2 Å². The molecule has 0 aliphatic rings. The van der Waals surface area contributed by atoms with Crippen LogP contribution in [0.5, 0.6) is 0 Å². The van der Waals surface area contributed by atoms with Gasteiger partial charge in [0.15, 0.2) is 11.6 Å². The number of nitrogens with one attached hydrogen (secondary N) is 1. The number of hydrogen-bond donors (Lipinski definition) is 1. The molecule has 7 heteroatoms. The molecule has 0 aliphatic carbocycles. The highest BCUT2D eigenvalue weighted by atomic mass is 35.5. The Balaban J connectivity index is 2.10. The third-order valence-electron chi connectivity index (χ3n) is 3.09. The van der Waals surface area contributed by atoms with Gasteiger partial charge in [-0.2, -0.15) is 0 Å². The standard InChI is InChI=1S/C16H14ClF2NO2S/c1-11(13-4-7-15(18)16(19)10-13)20-23(21,22)9-8-12-2-5-14(17)6-3-12/h2-11,20H,1H3/b9-8+/t11-/m0/s1. The average molecular weight is 358 g/mol. The normalized spacial score (nSPS) is 13.4. The molecule has 1 N–H and O–H groups in total. The molecule has 2 aromatic rings. The van der Waals surface area contributed by atoms with Crippen molar-refractivity contribution in [2.75, 3.05) is 0 Å². The van der Waals surface area contributed by atoms with E-state index in [1.165, 1.54) is 12.1 Å². The number of rotatable bonds is 5. The molecule has 0 heterocycles. The molecule has 23 heavy (non-hydrogen) atoms. The van der Waals surface area contributed by atoms with E-state index >= 15 is 0 Å². The van der Waals surface area contributed by atoms with Crippen molar-refractivity contribution in [3.8, 4) is 0 Å². The van der Waals surface area contributed by atoms with Gasteiger partial charge in [0.2, 0.25) is 10.0 Å². The lowest BCUT2D eigenvalue weighted by Crippen LogP contribution is -2.24. The van der Waals surface area contributed by atoms with Gasteiger partial charge in [-0.25, -0.2) is 21.9 Å². The number of hydrogen-bond acceptors (Lipinski definition) is 2. The fraction of sp³-hybridized carbons (Fsp3) is 0.125. The summed E-state index contributed by atoms with van der Waals surface area (Å²) in [6.07, 6.45) is 1.41. The van der Waals surface area contributed by atoms with Crippen molar-refractivity contribution in [2.24, 2.45) is 0 Å². The van der Waals surface area contributed by atoms with Crippen LogP contribution in [0.4, 0.5) is 8.78 Å². The maximum Gasteiger partial charge on any atom is 0.234 e. The third-order valence-corrected chi connectivity index (χ3v) is 4.52. The zero-order valence-corrected chi connectivity index (χ0v) is 13.7. The second kappa shape index (κ2) is 7.21. The van der Waals surface area contributed by atoms with E-state index in [9.17, 15) is 17.2 Å². The number of halogens is 3. The van der Waals surface area contributed by atoms with E-state index in [-0.39, 0.29) is 0 Å². The van der Waals surface area contributed by atoms with Crippen molar-refractivity contribution in [3.05, 3.63) is 75.7 Å². The predicted molar refractivity (Wildman–Crippen MR) is 87.3 cm³/mol. The van der Waals surface area contributed by atoms with Crippen molar-refractivity contribution in [2.45, 2.75) is 13.0 Å². The lowest BCUT2D eigenvalue weighted by Gasteiger charge is -2.13. The minimum atomic E-state index is -3.74. The lowest BCUT2D eigenvalue weighted by atomic mass is 10.1. The molecule has 1 atom stereocenters. The molecule has 0 bridgehead atoms. The van der Waals surface area contributed by atoms with Crippen LogP contribution < -0.4 is 4.72 Å². The van der Waals surface area contributed by atoms with Crippen LogP contribution in [-0.2, 0) is 10.0 Å². The molecule has 0 amide bonds. The lowest BCUT2D eigenvalue weighted by molar-refractivity contribution is 0.504. The van der Waals surface area contributed by atoms with E-state index < -0.39 is 27.7 Å². The number of benzene rings is 2. The van der Waals surface area contributed by atoms with E-state index in [2.05, 4.69) is 4.72 Å². The first-order valence-corrected chi connectivity index (χ1v) is 8.60. The van der Waals surface area contributed by atoms with E-state index in [1.807, 2.05) is 0 Å². The van der Waals surface area contributed by atoms with Crippen molar-refractivity contribution in [1.82, 2.24) is 4.72 Å². The topological polar surface area (TPSA) is 46.2 Å². The molecule has 0 unspecified atom stereocenters. The van der Waals surface area contributed by atoms with Crippen molar-refractivity contribution in [3.63, 3.8) is 0 Å². The SMILES string of the molecule is C[C@H](NS(=O)(=O)/C=C/c1ccc(Cl)cc1)c1ccc(F)c(F)c1.